The lowest BCUT2D eigenvalue weighted by Crippen LogP contribution is -2.36. The van der Waals surface area contributed by atoms with Gasteiger partial charge in [-0.15, -0.1) is 0 Å². The smallest absolute Gasteiger partial charge is 0.134 e. The average Bonchev–Trinajstić information content (AvgIpc) is 2.48. The van der Waals surface area contributed by atoms with Crippen molar-refractivity contribution in [1.82, 2.24) is 9.97 Å². The number of rotatable bonds is 7. The molecule has 1 aliphatic rings. The molecule has 1 fully saturated rings. The summed E-state index contributed by atoms with van der Waals surface area (Å²) in [6, 6.07) is 2.49. The highest BCUT2D eigenvalue weighted by Crippen LogP contribution is 2.17. The molecule has 21 heavy (non-hydrogen) atoms. The van der Waals surface area contributed by atoms with Gasteiger partial charge in [0.1, 0.15) is 18.0 Å². The van der Waals surface area contributed by atoms with Crippen LogP contribution < -0.4 is 10.2 Å². The molecule has 1 unspecified atom stereocenters. The summed E-state index contributed by atoms with van der Waals surface area (Å²) in [5, 5.41) is 3.49. The van der Waals surface area contributed by atoms with Crippen molar-refractivity contribution in [3.63, 3.8) is 0 Å². The van der Waals surface area contributed by atoms with Gasteiger partial charge >= 0.3 is 0 Å². The van der Waals surface area contributed by atoms with E-state index in [9.17, 15) is 0 Å². The lowest BCUT2D eigenvalue weighted by Gasteiger charge is -2.28. The van der Waals surface area contributed by atoms with Crippen LogP contribution in [0.25, 0.3) is 0 Å². The van der Waals surface area contributed by atoms with Gasteiger partial charge in [0.25, 0.3) is 0 Å². The number of hydrogen-bond donors (Lipinski definition) is 1. The number of nitrogens with one attached hydrogen (secondary N) is 1. The third kappa shape index (κ3) is 5.50. The zero-order chi connectivity index (χ0) is 15.1. The van der Waals surface area contributed by atoms with Gasteiger partial charge < -0.3 is 15.0 Å². The van der Waals surface area contributed by atoms with E-state index < -0.39 is 0 Å². The van der Waals surface area contributed by atoms with Crippen molar-refractivity contribution in [2.24, 2.45) is 5.92 Å². The van der Waals surface area contributed by atoms with Crippen LogP contribution in [0.15, 0.2) is 12.4 Å². The lowest BCUT2D eigenvalue weighted by molar-refractivity contribution is 0.122. The predicted molar refractivity (Wildman–Crippen MR) is 86.8 cm³/mol. The molecule has 2 rings (SSSR count). The Kier molecular flexibility index (Phi) is 6.23. The van der Waals surface area contributed by atoms with Crippen LogP contribution in [0.4, 0.5) is 11.6 Å². The van der Waals surface area contributed by atoms with Crippen LogP contribution in [0.2, 0.25) is 0 Å². The SMILES string of the molecule is CC(C)CCCC(C)Nc1cc(N2CCOCC2)ncn1. The maximum atomic E-state index is 5.38. The number of hydrogen-bond acceptors (Lipinski definition) is 5. The van der Waals surface area contributed by atoms with Crippen LogP contribution in [-0.4, -0.2) is 42.3 Å². The highest BCUT2D eigenvalue weighted by Gasteiger charge is 2.13. The molecule has 1 N–H and O–H groups in total. The third-order valence-electron chi connectivity index (χ3n) is 3.80. The van der Waals surface area contributed by atoms with Gasteiger partial charge in [0.05, 0.1) is 13.2 Å². The number of ether oxygens (including phenoxy) is 1. The van der Waals surface area contributed by atoms with Crippen LogP contribution in [-0.2, 0) is 4.74 Å². The van der Waals surface area contributed by atoms with Gasteiger partial charge in [-0.05, 0) is 19.3 Å². The average molecular weight is 292 g/mol. The molecule has 1 atom stereocenters. The summed E-state index contributed by atoms with van der Waals surface area (Å²) in [6.45, 7) is 10.1. The molecule has 2 heterocycles. The zero-order valence-electron chi connectivity index (χ0n) is 13.5. The van der Waals surface area contributed by atoms with E-state index in [4.69, 9.17) is 4.74 Å². The second-order valence-electron chi connectivity index (χ2n) is 6.23. The summed E-state index contributed by atoms with van der Waals surface area (Å²) in [5.41, 5.74) is 0. The molecule has 5 nitrogen and oxygen atoms in total. The van der Waals surface area contributed by atoms with Crippen molar-refractivity contribution in [2.45, 2.75) is 46.1 Å². The van der Waals surface area contributed by atoms with Crippen molar-refractivity contribution >= 4 is 11.6 Å². The molecular formula is C16H28N4O. The topological polar surface area (TPSA) is 50.3 Å². The Morgan fingerprint density at radius 3 is 2.67 bits per heavy atom. The fourth-order valence-corrected chi connectivity index (χ4v) is 2.55. The highest BCUT2D eigenvalue weighted by atomic mass is 16.5. The second-order valence-corrected chi connectivity index (χ2v) is 6.23. The van der Waals surface area contributed by atoms with E-state index in [2.05, 4.69) is 41.0 Å². The van der Waals surface area contributed by atoms with Crippen molar-refractivity contribution in [3.05, 3.63) is 12.4 Å². The Hall–Kier alpha value is -1.36. The van der Waals surface area contributed by atoms with Crippen LogP contribution >= 0.6 is 0 Å². The Bertz CT molecular complexity index is 418. The molecule has 1 saturated heterocycles. The van der Waals surface area contributed by atoms with Crippen molar-refractivity contribution < 1.29 is 4.74 Å². The molecule has 0 saturated carbocycles. The molecule has 0 radical (unpaired) electrons. The van der Waals surface area contributed by atoms with E-state index in [-0.39, 0.29) is 0 Å². The summed E-state index contributed by atoms with van der Waals surface area (Å²) in [6.07, 6.45) is 5.37. The summed E-state index contributed by atoms with van der Waals surface area (Å²) < 4.78 is 5.38. The number of aromatic nitrogens is 2. The monoisotopic (exact) mass is 292 g/mol. The highest BCUT2D eigenvalue weighted by molar-refractivity contribution is 5.49. The maximum absolute atomic E-state index is 5.38. The van der Waals surface area contributed by atoms with Gasteiger partial charge in [-0.3, -0.25) is 0 Å². The molecule has 0 amide bonds. The van der Waals surface area contributed by atoms with Crippen molar-refractivity contribution in [1.29, 1.82) is 0 Å². The van der Waals surface area contributed by atoms with Crippen LogP contribution in [0.3, 0.4) is 0 Å². The summed E-state index contributed by atoms with van der Waals surface area (Å²) >= 11 is 0. The fourth-order valence-electron chi connectivity index (χ4n) is 2.55. The van der Waals surface area contributed by atoms with Gasteiger partial charge in [-0.2, -0.15) is 0 Å². The normalized spacial score (nSPS) is 17.0. The van der Waals surface area contributed by atoms with E-state index >= 15 is 0 Å². The van der Waals surface area contributed by atoms with Gasteiger partial charge in [-0.1, -0.05) is 26.7 Å². The molecular weight excluding hydrogens is 264 g/mol. The molecule has 1 aromatic heterocycles. The largest absolute Gasteiger partial charge is 0.378 e. The van der Waals surface area contributed by atoms with Gasteiger partial charge in [0, 0.05) is 25.2 Å². The number of morpholine rings is 1. The Balaban J connectivity index is 1.85. The molecule has 1 aromatic rings. The second kappa shape index (κ2) is 8.17. The molecule has 5 heteroatoms. The molecule has 0 aromatic carbocycles. The van der Waals surface area contributed by atoms with Gasteiger partial charge in [-0.25, -0.2) is 9.97 Å². The van der Waals surface area contributed by atoms with Crippen molar-refractivity contribution in [3.8, 4) is 0 Å². The van der Waals surface area contributed by atoms with Crippen molar-refractivity contribution in [2.75, 3.05) is 36.5 Å². The molecule has 118 valence electrons. The maximum Gasteiger partial charge on any atom is 0.134 e. The lowest BCUT2D eigenvalue weighted by atomic mass is 10.0. The standard InChI is InChI=1S/C16H28N4O/c1-13(2)5-4-6-14(3)19-15-11-16(18-12-17-15)20-7-9-21-10-8-20/h11-14H,4-10H2,1-3H3,(H,17,18,19). The molecule has 0 spiro atoms. The minimum absolute atomic E-state index is 0.441. The number of nitrogens with zero attached hydrogens (tertiary/aromatic N) is 3. The van der Waals surface area contributed by atoms with E-state index in [0.29, 0.717) is 6.04 Å². The minimum Gasteiger partial charge on any atom is -0.378 e. The molecule has 0 aliphatic carbocycles. The predicted octanol–water partition coefficient (Wildman–Crippen LogP) is 2.94. The summed E-state index contributed by atoms with van der Waals surface area (Å²) in [5.74, 6) is 2.69. The minimum atomic E-state index is 0.441. The van der Waals surface area contributed by atoms with Crippen LogP contribution in [0.1, 0.15) is 40.0 Å². The van der Waals surface area contributed by atoms with Crippen LogP contribution in [0, 0.1) is 5.92 Å². The Morgan fingerprint density at radius 2 is 1.95 bits per heavy atom. The van der Waals surface area contributed by atoms with Gasteiger partial charge in [0.2, 0.25) is 0 Å². The summed E-state index contributed by atoms with van der Waals surface area (Å²) in [7, 11) is 0. The van der Waals surface area contributed by atoms with E-state index in [1.807, 2.05) is 6.07 Å². The summed E-state index contributed by atoms with van der Waals surface area (Å²) in [4.78, 5) is 11.0. The number of anilines is 2. The first-order valence-electron chi connectivity index (χ1n) is 8.06. The first-order valence-corrected chi connectivity index (χ1v) is 8.06. The molecule has 0 bridgehead atoms. The molecule has 1 aliphatic heterocycles. The first-order chi connectivity index (χ1) is 10.1. The van der Waals surface area contributed by atoms with Gasteiger partial charge in [0.15, 0.2) is 0 Å². The first kappa shape index (κ1) is 16.0. The zero-order valence-corrected chi connectivity index (χ0v) is 13.5. The fraction of sp³-hybridized carbons (Fsp3) is 0.750. The van der Waals surface area contributed by atoms with E-state index in [1.54, 1.807) is 6.33 Å². The Labute approximate surface area is 128 Å². The van der Waals surface area contributed by atoms with Crippen LogP contribution in [0.5, 0.6) is 0 Å². The third-order valence-corrected chi connectivity index (χ3v) is 3.80. The van der Waals surface area contributed by atoms with E-state index in [1.165, 1.54) is 19.3 Å². The van der Waals surface area contributed by atoms with E-state index in [0.717, 1.165) is 43.9 Å². The quantitative estimate of drug-likeness (QED) is 0.837. The Morgan fingerprint density at radius 1 is 1.19 bits per heavy atom.